The molecular weight excluding hydrogens is 335 g/mol. The Labute approximate surface area is 134 Å². The normalized spacial score (nSPS) is 17.7. The van der Waals surface area contributed by atoms with E-state index in [0.29, 0.717) is 36.7 Å². The van der Waals surface area contributed by atoms with E-state index < -0.39 is 9.84 Å². The van der Waals surface area contributed by atoms with Gasteiger partial charge in [0.25, 0.3) is 0 Å². The fourth-order valence-electron chi connectivity index (χ4n) is 1.77. The molecule has 0 atom stereocenters. The number of sulfone groups is 1. The van der Waals surface area contributed by atoms with E-state index in [9.17, 15) is 12.8 Å². The second kappa shape index (κ2) is 8.25. The second-order valence-corrected chi connectivity index (χ2v) is 6.92. The minimum atomic E-state index is -2.93. The van der Waals surface area contributed by atoms with Crippen LogP contribution in [0.2, 0.25) is 0 Å². The Morgan fingerprint density at radius 1 is 1.36 bits per heavy atom. The van der Waals surface area contributed by atoms with Crippen LogP contribution in [0, 0.1) is 0 Å². The van der Waals surface area contributed by atoms with Crippen molar-refractivity contribution < 1.29 is 17.5 Å². The van der Waals surface area contributed by atoms with Gasteiger partial charge in [0.15, 0.2) is 15.6 Å². The van der Waals surface area contributed by atoms with Gasteiger partial charge in [-0.1, -0.05) is 0 Å². The molecule has 1 fully saturated rings. The topological polar surface area (TPSA) is 98.4 Å². The van der Waals surface area contributed by atoms with E-state index in [1.54, 1.807) is 4.90 Å². The number of halogens is 2. The molecule has 0 spiro atoms. The van der Waals surface area contributed by atoms with E-state index in [4.69, 9.17) is 10.5 Å². The zero-order valence-corrected chi connectivity index (χ0v) is 13.4. The minimum absolute atomic E-state index is 0. The first-order valence-electron chi connectivity index (χ1n) is 6.42. The highest BCUT2D eigenvalue weighted by Gasteiger charge is 2.23. The Balaban J connectivity index is 0.00000242. The molecule has 1 saturated heterocycles. The summed E-state index contributed by atoms with van der Waals surface area (Å²) in [4.78, 5) is 10.1. The SMILES string of the molecule is Cl.NCC(=CF)COc1cnc(N2CCS(=O)(=O)CC2)nc1. The molecule has 0 saturated carbocycles. The lowest BCUT2D eigenvalue weighted by Crippen LogP contribution is -2.41. The number of anilines is 1. The highest BCUT2D eigenvalue weighted by molar-refractivity contribution is 7.91. The lowest BCUT2D eigenvalue weighted by Gasteiger charge is -2.26. The summed E-state index contributed by atoms with van der Waals surface area (Å²) in [5.41, 5.74) is 5.65. The van der Waals surface area contributed by atoms with Crippen molar-refractivity contribution in [3.63, 3.8) is 0 Å². The van der Waals surface area contributed by atoms with Crippen molar-refractivity contribution in [1.29, 1.82) is 0 Å². The number of ether oxygens (including phenoxy) is 1. The fourth-order valence-corrected chi connectivity index (χ4v) is 2.97. The van der Waals surface area contributed by atoms with Crippen LogP contribution in [0.5, 0.6) is 5.75 Å². The zero-order valence-electron chi connectivity index (χ0n) is 11.8. The molecule has 2 heterocycles. The van der Waals surface area contributed by atoms with Crippen LogP contribution in [-0.2, 0) is 9.84 Å². The third-order valence-corrected chi connectivity index (χ3v) is 4.69. The van der Waals surface area contributed by atoms with Crippen molar-refractivity contribution in [2.45, 2.75) is 0 Å². The molecule has 0 amide bonds. The Bertz CT molecular complexity index is 595. The van der Waals surface area contributed by atoms with E-state index in [1.807, 2.05) is 0 Å². The Kier molecular flexibility index (Phi) is 6.98. The number of rotatable bonds is 5. The first-order valence-corrected chi connectivity index (χ1v) is 8.24. The van der Waals surface area contributed by atoms with Gasteiger partial charge in [-0.05, 0) is 0 Å². The Morgan fingerprint density at radius 2 is 1.95 bits per heavy atom. The molecule has 0 aromatic carbocycles. The molecule has 10 heteroatoms. The van der Waals surface area contributed by atoms with Crippen LogP contribution in [0.3, 0.4) is 0 Å². The average Bonchev–Trinajstić information content (AvgIpc) is 2.49. The molecule has 7 nitrogen and oxygen atoms in total. The largest absolute Gasteiger partial charge is 0.486 e. The van der Waals surface area contributed by atoms with Crippen molar-refractivity contribution in [2.24, 2.45) is 5.73 Å². The second-order valence-electron chi connectivity index (χ2n) is 4.62. The number of aromatic nitrogens is 2. The maximum absolute atomic E-state index is 12.3. The monoisotopic (exact) mass is 352 g/mol. The average molecular weight is 353 g/mol. The summed E-state index contributed by atoms with van der Waals surface area (Å²) >= 11 is 0. The number of hydrogen-bond donors (Lipinski definition) is 1. The van der Waals surface area contributed by atoms with Gasteiger partial charge in [-0.25, -0.2) is 22.8 Å². The fraction of sp³-hybridized carbons (Fsp3) is 0.500. The van der Waals surface area contributed by atoms with Crippen LogP contribution >= 0.6 is 12.4 Å². The molecule has 2 N–H and O–H groups in total. The third-order valence-electron chi connectivity index (χ3n) is 3.08. The molecule has 0 radical (unpaired) electrons. The molecule has 1 aliphatic heterocycles. The third kappa shape index (κ3) is 5.08. The molecule has 0 bridgehead atoms. The van der Waals surface area contributed by atoms with E-state index >= 15 is 0 Å². The molecule has 124 valence electrons. The number of nitrogens with zero attached hydrogens (tertiary/aromatic N) is 3. The molecule has 0 aliphatic carbocycles. The van der Waals surface area contributed by atoms with Gasteiger partial charge in [0.1, 0.15) is 6.61 Å². The Morgan fingerprint density at radius 3 is 2.45 bits per heavy atom. The summed E-state index contributed by atoms with van der Waals surface area (Å²) in [6, 6.07) is 0. The predicted molar refractivity (Wildman–Crippen MR) is 83.9 cm³/mol. The van der Waals surface area contributed by atoms with Crippen LogP contribution in [0.1, 0.15) is 0 Å². The van der Waals surface area contributed by atoms with Crippen molar-refractivity contribution in [3.05, 3.63) is 24.3 Å². The van der Waals surface area contributed by atoms with Crippen LogP contribution in [0.4, 0.5) is 10.3 Å². The van der Waals surface area contributed by atoms with Gasteiger partial charge in [0.05, 0.1) is 30.2 Å². The summed E-state index contributed by atoms with van der Waals surface area (Å²) in [5.74, 6) is 1.07. The first-order chi connectivity index (χ1) is 10.0. The van der Waals surface area contributed by atoms with Gasteiger partial charge < -0.3 is 15.4 Å². The highest BCUT2D eigenvalue weighted by atomic mass is 35.5. The van der Waals surface area contributed by atoms with E-state index in [0.717, 1.165) is 0 Å². The maximum Gasteiger partial charge on any atom is 0.225 e. The molecule has 22 heavy (non-hydrogen) atoms. The Hall–Kier alpha value is -1.45. The van der Waals surface area contributed by atoms with Gasteiger partial charge in [-0.3, -0.25) is 0 Å². The van der Waals surface area contributed by atoms with E-state index in [1.165, 1.54) is 12.4 Å². The summed E-state index contributed by atoms with van der Waals surface area (Å²) in [6.45, 7) is 0.879. The first kappa shape index (κ1) is 18.6. The molecular formula is C12H18ClFN4O3S. The van der Waals surface area contributed by atoms with Crippen LogP contribution in [0.15, 0.2) is 24.3 Å². The van der Waals surface area contributed by atoms with Gasteiger partial charge >= 0.3 is 0 Å². The van der Waals surface area contributed by atoms with Crippen LogP contribution in [0.25, 0.3) is 0 Å². The van der Waals surface area contributed by atoms with Crippen molar-refractivity contribution in [1.82, 2.24) is 9.97 Å². The number of nitrogens with two attached hydrogens (primary N) is 1. The molecule has 2 rings (SSSR count). The highest BCUT2D eigenvalue weighted by Crippen LogP contribution is 2.15. The number of hydrogen-bond acceptors (Lipinski definition) is 7. The van der Waals surface area contributed by atoms with Crippen LogP contribution in [-0.4, -0.2) is 56.1 Å². The zero-order chi connectivity index (χ0) is 15.3. The van der Waals surface area contributed by atoms with Crippen molar-refractivity contribution >= 4 is 28.2 Å². The smallest absolute Gasteiger partial charge is 0.225 e. The summed E-state index contributed by atoms with van der Waals surface area (Å²) in [7, 11) is -2.93. The van der Waals surface area contributed by atoms with E-state index in [-0.39, 0.29) is 37.1 Å². The standard InChI is InChI=1S/C12H17FN4O3S.ClH/c13-5-10(6-14)9-20-11-7-15-12(16-8-11)17-1-3-21(18,19)4-2-17;/h5,7-8H,1-4,6,9,14H2;1H. The van der Waals surface area contributed by atoms with Crippen molar-refractivity contribution in [2.75, 3.05) is 42.6 Å². The van der Waals surface area contributed by atoms with Gasteiger partial charge in [0, 0.05) is 25.2 Å². The molecule has 0 unspecified atom stereocenters. The van der Waals surface area contributed by atoms with E-state index in [2.05, 4.69) is 9.97 Å². The maximum atomic E-state index is 12.3. The lowest BCUT2D eigenvalue weighted by molar-refractivity contribution is 0.344. The predicted octanol–water partition coefficient (Wildman–Crippen LogP) is 0.324. The van der Waals surface area contributed by atoms with Crippen molar-refractivity contribution in [3.8, 4) is 5.75 Å². The van der Waals surface area contributed by atoms with Crippen LogP contribution < -0.4 is 15.4 Å². The lowest BCUT2D eigenvalue weighted by atomic mass is 10.3. The molecule has 1 aromatic rings. The summed E-state index contributed by atoms with van der Waals surface area (Å²) < 4.78 is 40.3. The molecule has 1 aromatic heterocycles. The van der Waals surface area contributed by atoms with Gasteiger partial charge in [-0.2, -0.15) is 0 Å². The minimum Gasteiger partial charge on any atom is -0.486 e. The summed E-state index contributed by atoms with van der Waals surface area (Å²) in [6.07, 6.45) is 3.36. The van der Waals surface area contributed by atoms with Gasteiger partial charge in [0.2, 0.25) is 5.95 Å². The molecule has 1 aliphatic rings. The summed E-state index contributed by atoms with van der Waals surface area (Å²) in [5, 5.41) is 0. The quantitative estimate of drug-likeness (QED) is 0.815. The van der Waals surface area contributed by atoms with Gasteiger partial charge in [-0.15, -0.1) is 12.4 Å².